The number of nitrogens with zero attached hydrogens (tertiary/aromatic N) is 2. The number of nitrogen functional groups attached to an aromatic ring is 1. The number of hydrogen-bond donors (Lipinski definition) is 2. The lowest BCUT2D eigenvalue weighted by atomic mass is 10.2. The average molecular weight is 310 g/mol. The molecule has 0 bridgehead atoms. The first kappa shape index (κ1) is 15.3. The Morgan fingerprint density at radius 1 is 1.38 bits per heavy atom. The number of sulfonamides is 1. The van der Waals surface area contributed by atoms with Crippen LogP contribution in [0.15, 0.2) is 33.7 Å². The van der Waals surface area contributed by atoms with E-state index in [-0.39, 0.29) is 4.90 Å². The molecule has 0 fully saturated rings. The SMILES string of the molecule is Cc1cnc(CNc2cc(S(=O)(=O)N(C)C)ccc2N)o1. The molecular formula is C13H18N4O3S. The molecule has 114 valence electrons. The highest BCUT2D eigenvalue weighted by molar-refractivity contribution is 7.89. The van der Waals surface area contributed by atoms with Crippen molar-refractivity contribution in [2.24, 2.45) is 0 Å². The molecule has 3 N–H and O–H groups in total. The zero-order chi connectivity index (χ0) is 15.6. The number of hydrogen-bond acceptors (Lipinski definition) is 6. The Hall–Kier alpha value is -2.06. The summed E-state index contributed by atoms with van der Waals surface area (Å²) in [5, 5.41) is 3.03. The monoisotopic (exact) mass is 310 g/mol. The van der Waals surface area contributed by atoms with Crippen LogP contribution in [0.3, 0.4) is 0 Å². The third-order valence-corrected chi connectivity index (χ3v) is 4.71. The van der Waals surface area contributed by atoms with Gasteiger partial charge in [-0.05, 0) is 25.1 Å². The zero-order valence-corrected chi connectivity index (χ0v) is 12.9. The summed E-state index contributed by atoms with van der Waals surface area (Å²) in [6, 6.07) is 4.53. The lowest BCUT2D eigenvalue weighted by Gasteiger charge is -2.14. The Morgan fingerprint density at radius 2 is 2.10 bits per heavy atom. The van der Waals surface area contributed by atoms with E-state index in [1.165, 1.54) is 26.2 Å². The normalized spacial score (nSPS) is 11.8. The van der Waals surface area contributed by atoms with E-state index in [0.717, 1.165) is 4.31 Å². The molecule has 8 heteroatoms. The summed E-state index contributed by atoms with van der Waals surface area (Å²) in [5.41, 5.74) is 6.83. The second-order valence-electron chi connectivity index (χ2n) is 4.75. The summed E-state index contributed by atoms with van der Waals surface area (Å²) in [7, 11) is -0.535. The van der Waals surface area contributed by atoms with Gasteiger partial charge in [-0.25, -0.2) is 17.7 Å². The van der Waals surface area contributed by atoms with Gasteiger partial charge in [-0.3, -0.25) is 0 Å². The molecule has 0 unspecified atom stereocenters. The maximum atomic E-state index is 12.1. The minimum absolute atomic E-state index is 0.174. The van der Waals surface area contributed by atoms with Gasteiger partial charge in [0.1, 0.15) is 5.76 Å². The lowest BCUT2D eigenvalue weighted by molar-refractivity contribution is 0.479. The molecule has 0 radical (unpaired) electrons. The predicted octanol–water partition coefficient (Wildman–Crippen LogP) is 1.43. The molecule has 2 aromatic rings. The topological polar surface area (TPSA) is 101 Å². The molecule has 0 amide bonds. The van der Waals surface area contributed by atoms with Gasteiger partial charge in [-0.1, -0.05) is 0 Å². The summed E-state index contributed by atoms with van der Waals surface area (Å²) in [4.78, 5) is 4.24. The van der Waals surface area contributed by atoms with E-state index in [4.69, 9.17) is 10.2 Å². The molecule has 0 saturated carbocycles. The molecule has 7 nitrogen and oxygen atoms in total. The van der Waals surface area contributed by atoms with Crippen molar-refractivity contribution in [3.8, 4) is 0 Å². The highest BCUT2D eigenvalue weighted by Crippen LogP contribution is 2.24. The summed E-state index contributed by atoms with van der Waals surface area (Å²) >= 11 is 0. The second-order valence-corrected chi connectivity index (χ2v) is 6.91. The molecule has 0 aliphatic heterocycles. The first-order chi connectivity index (χ1) is 9.80. The van der Waals surface area contributed by atoms with Crippen LogP contribution in [0.25, 0.3) is 0 Å². The first-order valence-electron chi connectivity index (χ1n) is 6.28. The Morgan fingerprint density at radius 3 is 2.67 bits per heavy atom. The molecule has 1 heterocycles. The number of aromatic nitrogens is 1. The number of nitrogens with one attached hydrogen (secondary N) is 1. The number of benzene rings is 1. The Kier molecular flexibility index (Phi) is 4.19. The van der Waals surface area contributed by atoms with Crippen LogP contribution in [0.1, 0.15) is 11.7 Å². The molecule has 0 aliphatic rings. The van der Waals surface area contributed by atoms with E-state index in [1.54, 1.807) is 19.2 Å². The van der Waals surface area contributed by atoms with Gasteiger partial charge < -0.3 is 15.5 Å². The minimum Gasteiger partial charge on any atom is -0.444 e. The van der Waals surface area contributed by atoms with Crippen LogP contribution in [0, 0.1) is 6.92 Å². The predicted molar refractivity (Wildman–Crippen MR) is 80.3 cm³/mol. The van der Waals surface area contributed by atoms with Gasteiger partial charge in [0.25, 0.3) is 0 Å². The number of rotatable bonds is 5. The van der Waals surface area contributed by atoms with Gasteiger partial charge in [-0.2, -0.15) is 0 Å². The minimum atomic E-state index is -3.50. The molecule has 1 aromatic heterocycles. The van der Waals surface area contributed by atoms with Crippen molar-refractivity contribution in [3.63, 3.8) is 0 Å². The van der Waals surface area contributed by atoms with Crippen molar-refractivity contribution in [3.05, 3.63) is 36.0 Å². The fourth-order valence-electron chi connectivity index (χ4n) is 1.71. The summed E-state index contributed by atoms with van der Waals surface area (Å²) in [6.07, 6.45) is 1.62. The van der Waals surface area contributed by atoms with Gasteiger partial charge in [0.05, 0.1) is 29.0 Å². The molecule has 0 spiro atoms. The van der Waals surface area contributed by atoms with Crippen LogP contribution in [-0.4, -0.2) is 31.8 Å². The van der Waals surface area contributed by atoms with Crippen LogP contribution in [0.2, 0.25) is 0 Å². The largest absolute Gasteiger partial charge is 0.444 e. The second kappa shape index (κ2) is 5.74. The number of aryl methyl sites for hydroxylation is 1. The van der Waals surface area contributed by atoms with Crippen molar-refractivity contribution in [1.82, 2.24) is 9.29 Å². The van der Waals surface area contributed by atoms with Gasteiger partial charge in [0.2, 0.25) is 15.9 Å². The molecule has 0 atom stereocenters. The van der Waals surface area contributed by atoms with Crippen LogP contribution >= 0.6 is 0 Å². The van der Waals surface area contributed by atoms with E-state index < -0.39 is 10.0 Å². The van der Waals surface area contributed by atoms with Crippen molar-refractivity contribution in [1.29, 1.82) is 0 Å². The molecule has 0 aliphatic carbocycles. The Bertz CT molecular complexity index is 738. The third-order valence-electron chi connectivity index (χ3n) is 2.90. The molecule has 21 heavy (non-hydrogen) atoms. The van der Waals surface area contributed by atoms with Crippen molar-refractivity contribution < 1.29 is 12.8 Å². The third kappa shape index (κ3) is 3.34. The average Bonchev–Trinajstić information content (AvgIpc) is 2.83. The summed E-state index contributed by atoms with van der Waals surface area (Å²) < 4.78 is 30.7. The highest BCUT2D eigenvalue weighted by Gasteiger charge is 2.18. The summed E-state index contributed by atoms with van der Waals surface area (Å²) in [6.45, 7) is 2.12. The van der Waals surface area contributed by atoms with Crippen LogP contribution < -0.4 is 11.1 Å². The molecule has 1 aromatic carbocycles. The number of nitrogens with two attached hydrogens (primary N) is 1. The standard InChI is InChI=1S/C13H18N4O3S/c1-9-7-16-13(20-9)8-15-12-6-10(4-5-11(12)14)21(18,19)17(2)3/h4-7,15H,8,14H2,1-3H3. The van der Waals surface area contributed by atoms with Gasteiger partial charge in [0, 0.05) is 14.1 Å². The van der Waals surface area contributed by atoms with E-state index in [9.17, 15) is 8.42 Å². The van der Waals surface area contributed by atoms with Gasteiger partial charge in [0.15, 0.2) is 0 Å². The van der Waals surface area contributed by atoms with Gasteiger partial charge in [-0.15, -0.1) is 0 Å². The fraction of sp³-hybridized carbons (Fsp3) is 0.308. The first-order valence-corrected chi connectivity index (χ1v) is 7.72. The molecule has 0 saturated heterocycles. The molecule has 2 rings (SSSR count). The maximum Gasteiger partial charge on any atom is 0.242 e. The van der Waals surface area contributed by atoms with E-state index in [1.807, 2.05) is 0 Å². The quantitative estimate of drug-likeness (QED) is 0.810. The smallest absolute Gasteiger partial charge is 0.242 e. The van der Waals surface area contributed by atoms with Crippen molar-refractivity contribution >= 4 is 21.4 Å². The number of oxazole rings is 1. The van der Waals surface area contributed by atoms with Crippen molar-refractivity contribution in [2.75, 3.05) is 25.1 Å². The van der Waals surface area contributed by atoms with Crippen LogP contribution in [0.5, 0.6) is 0 Å². The highest BCUT2D eigenvalue weighted by atomic mass is 32.2. The zero-order valence-electron chi connectivity index (χ0n) is 12.1. The Labute approximate surface area is 123 Å². The Balaban J connectivity index is 2.24. The lowest BCUT2D eigenvalue weighted by Crippen LogP contribution is -2.22. The molecular weight excluding hydrogens is 292 g/mol. The number of anilines is 2. The summed E-state index contributed by atoms with van der Waals surface area (Å²) in [5.74, 6) is 1.22. The van der Waals surface area contributed by atoms with E-state index in [2.05, 4.69) is 10.3 Å². The van der Waals surface area contributed by atoms with Crippen LogP contribution in [-0.2, 0) is 16.6 Å². The van der Waals surface area contributed by atoms with E-state index in [0.29, 0.717) is 29.6 Å². The maximum absolute atomic E-state index is 12.1. The van der Waals surface area contributed by atoms with Crippen molar-refractivity contribution in [2.45, 2.75) is 18.4 Å². The van der Waals surface area contributed by atoms with Crippen LogP contribution in [0.4, 0.5) is 11.4 Å². The van der Waals surface area contributed by atoms with E-state index >= 15 is 0 Å². The van der Waals surface area contributed by atoms with Gasteiger partial charge >= 0.3 is 0 Å². The fourth-order valence-corrected chi connectivity index (χ4v) is 2.64.